The molecule has 3 aromatic rings. The molecule has 0 spiro atoms. The van der Waals surface area contributed by atoms with Crippen molar-refractivity contribution in [3.05, 3.63) is 53.6 Å². The number of aliphatic hydroxyl groups is 1. The van der Waals surface area contributed by atoms with E-state index in [9.17, 15) is 14.8 Å². The largest absolute Gasteiger partial charge is 0.480 e. The molecule has 1 aliphatic heterocycles. The van der Waals surface area contributed by atoms with E-state index in [0.29, 0.717) is 29.1 Å². The molecule has 1 aromatic carbocycles. The summed E-state index contributed by atoms with van der Waals surface area (Å²) in [6, 6.07) is 8.82. The van der Waals surface area contributed by atoms with Crippen LogP contribution < -0.4 is 15.4 Å². The molecule has 0 fully saturated rings. The summed E-state index contributed by atoms with van der Waals surface area (Å²) in [4.78, 5) is 12.6. The van der Waals surface area contributed by atoms with Crippen LogP contribution in [0.1, 0.15) is 18.1 Å². The van der Waals surface area contributed by atoms with Crippen molar-refractivity contribution >= 4 is 17.3 Å². The average molecular weight is 406 g/mol. The highest BCUT2D eigenvalue weighted by Gasteiger charge is 2.35. The third-order valence-electron chi connectivity index (χ3n) is 5.12. The molecule has 0 unspecified atom stereocenters. The van der Waals surface area contributed by atoms with Crippen LogP contribution in [0.3, 0.4) is 0 Å². The molecule has 1 aliphatic rings. The molecule has 0 radical (unpaired) electrons. The summed E-state index contributed by atoms with van der Waals surface area (Å²) in [6.07, 6.45) is 2.62. The third-order valence-corrected chi connectivity index (χ3v) is 5.12. The second-order valence-electron chi connectivity index (χ2n) is 7.23. The SMILES string of the molecule is COc1ncc(F)cc1Nc1nccc(-c2cc(C#N)c3c(c2)[C@@](C)(CO)CN3)n1. The summed E-state index contributed by atoms with van der Waals surface area (Å²) < 4.78 is 18.7. The Hall–Kier alpha value is -3.77. The number of halogens is 1. The van der Waals surface area contributed by atoms with Gasteiger partial charge in [0.1, 0.15) is 17.6 Å². The van der Waals surface area contributed by atoms with Gasteiger partial charge in [0.25, 0.3) is 0 Å². The molecule has 152 valence electrons. The van der Waals surface area contributed by atoms with Crippen LogP contribution in [0, 0.1) is 17.1 Å². The van der Waals surface area contributed by atoms with Gasteiger partial charge in [-0.1, -0.05) is 6.92 Å². The number of nitrogens with zero attached hydrogens (tertiary/aromatic N) is 4. The molecule has 4 rings (SSSR count). The van der Waals surface area contributed by atoms with Crippen molar-refractivity contribution in [2.24, 2.45) is 0 Å². The number of nitriles is 1. The number of aliphatic hydroxyl groups excluding tert-OH is 1. The number of nitrogens with one attached hydrogen (secondary N) is 2. The fourth-order valence-electron chi connectivity index (χ4n) is 3.44. The Kier molecular flexibility index (Phi) is 4.93. The lowest BCUT2D eigenvalue weighted by Gasteiger charge is -2.21. The Bertz CT molecular complexity index is 1160. The van der Waals surface area contributed by atoms with E-state index in [-0.39, 0.29) is 18.4 Å². The number of hydrogen-bond acceptors (Lipinski definition) is 8. The van der Waals surface area contributed by atoms with Gasteiger partial charge in [0.2, 0.25) is 11.8 Å². The van der Waals surface area contributed by atoms with E-state index in [1.165, 1.54) is 13.2 Å². The van der Waals surface area contributed by atoms with Crippen LogP contribution in [0.5, 0.6) is 5.88 Å². The molecule has 0 saturated carbocycles. The molecule has 30 heavy (non-hydrogen) atoms. The van der Waals surface area contributed by atoms with Crippen LogP contribution in [-0.2, 0) is 5.41 Å². The second kappa shape index (κ2) is 7.57. The molecule has 0 amide bonds. The molecule has 2 aromatic heterocycles. The van der Waals surface area contributed by atoms with Gasteiger partial charge in [-0.2, -0.15) is 5.26 Å². The van der Waals surface area contributed by atoms with Gasteiger partial charge in [0, 0.05) is 29.8 Å². The summed E-state index contributed by atoms with van der Waals surface area (Å²) >= 11 is 0. The van der Waals surface area contributed by atoms with Gasteiger partial charge >= 0.3 is 0 Å². The number of pyridine rings is 1. The van der Waals surface area contributed by atoms with Crippen molar-refractivity contribution in [1.29, 1.82) is 5.26 Å². The quantitative estimate of drug-likeness (QED) is 0.592. The molecule has 0 aliphatic carbocycles. The first kappa shape index (κ1) is 19.5. The Balaban J connectivity index is 1.75. The Morgan fingerprint density at radius 2 is 2.20 bits per heavy atom. The number of benzene rings is 1. The van der Waals surface area contributed by atoms with Gasteiger partial charge in [-0.05, 0) is 23.8 Å². The highest BCUT2D eigenvalue weighted by molar-refractivity contribution is 5.76. The minimum atomic E-state index is -0.525. The lowest BCUT2D eigenvalue weighted by Crippen LogP contribution is -2.28. The van der Waals surface area contributed by atoms with Crippen LogP contribution in [0.15, 0.2) is 36.7 Å². The lowest BCUT2D eigenvalue weighted by molar-refractivity contribution is 0.219. The molecular formula is C21H19FN6O2. The number of rotatable bonds is 5. The lowest BCUT2D eigenvalue weighted by atomic mass is 9.83. The summed E-state index contributed by atoms with van der Waals surface area (Å²) in [5.41, 5.74) is 3.16. The van der Waals surface area contributed by atoms with Crippen molar-refractivity contribution in [3.63, 3.8) is 0 Å². The van der Waals surface area contributed by atoms with E-state index in [1.54, 1.807) is 18.3 Å². The van der Waals surface area contributed by atoms with Crippen LogP contribution in [0.4, 0.5) is 21.7 Å². The Morgan fingerprint density at radius 1 is 1.37 bits per heavy atom. The highest BCUT2D eigenvalue weighted by Crippen LogP contribution is 2.41. The van der Waals surface area contributed by atoms with E-state index in [1.807, 2.05) is 13.0 Å². The smallest absolute Gasteiger partial charge is 0.237 e. The van der Waals surface area contributed by atoms with Crippen LogP contribution in [0.2, 0.25) is 0 Å². The molecule has 3 heterocycles. The van der Waals surface area contributed by atoms with Gasteiger partial charge in [0.05, 0.1) is 36.9 Å². The van der Waals surface area contributed by atoms with Crippen LogP contribution in [0.25, 0.3) is 11.3 Å². The molecule has 0 saturated heterocycles. The molecule has 8 nitrogen and oxygen atoms in total. The number of fused-ring (bicyclic) bond motifs is 1. The zero-order chi connectivity index (χ0) is 21.3. The maximum Gasteiger partial charge on any atom is 0.237 e. The predicted molar refractivity (Wildman–Crippen MR) is 109 cm³/mol. The Morgan fingerprint density at radius 3 is 2.93 bits per heavy atom. The number of aromatic nitrogens is 3. The number of methoxy groups -OCH3 is 1. The molecule has 1 atom stereocenters. The van der Waals surface area contributed by atoms with Gasteiger partial charge < -0.3 is 20.5 Å². The average Bonchev–Trinajstić information content (AvgIpc) is 3.11. The number of anilines is 3. The zero-order valence-corrected chi connectivity index (χ0v) is 16.4. The van der Waals surface area contributed by atoms with Gasteiger partial charge in [-0.15, -0.1) is 0 Å². The van der Waals surface area contributed by atoms with Crippen molar-refractivity contribution in [2.45, 2.75) is 12.3 Å². The first-order chi connectivity index (χ1) is 14.5. The second-order valence-corrected chi connectivity index (χ2v) is 7.23. The summed E-state index contributed by atoms with van der Waals surface area (Å²) in [7, 11) is 1.43. The van der Waals surface area contributed by atoms with Crippen molar-refractivity contribution in [2.75, 3.05) is 30.9 Å². The molecule has 0 bridgehead atoms. The fraction of sp³-hybridized carbons (Fsp3) is 0.238. The van der Waals surface area contributed by atoms with E-state index in [2.05, 4.69) is 31.7 Å². The highest BCUT2D eigenvalue weighted by atomic mass is 19.1. The third kappa shape index (κ3) is 3.38. The van der Waals surface area contributed by atoms with Crippen LogP contribution in [-0.4, -0.2) is 40.3 Å². The van der Waals surface area contributed by atoms with Crippen LogP contribution >= 0.6 is 0 Å². The van der Waals surface area contributed by atoms with Gasteiger partial charge in [-0.3, -0.25) is 0 Å². The number of hydrogen-bond donors (Lipinski definition) is 3. The Labute approximate surface area is 172 Å². The monoisotopic (exact) mass is 406 g/mol. The summed E-state index contributed by atoms with van der Waals surface area (Å²) in [5, 5.41) is 25.6. The number of ether oxygens (including phenoxy) is 1. The molecule has 3 N–H and O–H groups in total. The summed E-state index contributed by atoms with van der Waals surface area (Å²) in [5.74, 6) is -0.0951. The minimum absolute atomic E-state index is 0.0513. The van der Waals surface area contributed by atoms with E-state index >= 15 is 0 Å². The van der Waals surface area contributed by atoms with E-state index in [0.717, 1.165) is 17.4 Å². The minimum Gasteiger partial charge on any atom is -0.480 e. The summed E-state index contributed by atoms with van der Waals surface area (Å²) in [6.45, 7) is 2.43. The van der Waals surface area contributed by atoms with Crippen molar-refractivity contribution < 1.29 is 14.2 Å². The van der Waals surface area contributed by atoms with Crippen molar-refractivity contribution in [1.82, 2.24) is 15.0 Å². The maximum atomic E-state index is 13.6. The first-order valence-corrected chi connectivity index (χ1v) is 9.21. The van der Waals surface area contributed by atoms with Gasteiger partial charge in [-0.25, -0.2) is 19.3 Å². The first-order valence-electron chi connectivity index (χ1n) is 9.21. The van der Waals surface area contributed by atoms with E-state index in [4.69, 9.17) is 4.74 Å². The molecule has 9 heteroatoms. The normalized spacial score (nSPS) is 17.0. The van der Waals surface area contributed by atoms with E-state index < -0.39 is 11.2 Å². The van der Waals surface area contributed by atoms with Gasteiger partial charge in [0.15, 0.2) is 0 Å². The topological polar surface area (TPSA) is 116 Å². The van der Waals surface area contributed by atoms with Crippen molar-refractivity contribution in [3.8, 4) is 23.2 Å². The predicted octanol–water partition coefficient (Wildman–Crippen LogP) is 2.98. The molecular weight excluding hydrogens is 387 g/mol. The standard InChI is InChI=1S/C21H19FN6O2/c1-21(11-29)10-26-18-13(8-23)5-12(6-15(18)21)16-3-4-24-20(27-16)28-17-7-14(22)9-25-19(17)30-2/h3-7,9,26,29H,10-11H2,1-2H3,(H,24,27,28)/t21-/m1/s1. The zero-order valence-electron chi connectivity index (χ0n) is 16.4. The fourth-order valence-corrected chi connectivity index (χ4v) is 3.44. The maximum absolute atomic E-state index is 13.6.